The zero-order chi connectivity index (χ0) is 8.97. The van der Waals surface area contributed by atoms with Crippen molar-refractivity contribution in [2.45, 2.75) is 24.1 Å². The number of ether oxygens (including phenoxy) is 2. The van der Waals surface area contributed by atoms with E-state index in [4.69, 9.17) is 14.6 Å². The first-order chi connectivity index (χ1) is 5.77. The Morgan fingerprint density at radius 3 is 2.92 bits per heavy atom. The van der Waals surface area contributed by atoms with Crippen LogP contribution in [-0.2, 0) is 9.47 Å². The molecular weight excluding hydrogens is 224 g/mol. The number of rotatable bonds is 3. The number of hydrogen-bond donors (Lipinski definition) is 1. The molecule has 0 aromatic carbocycles. The summed E-state index contributed by atoms with van der Waals surface area (Å²) in [5.74, 6) is 0. The van der Waals surface area contributed by atoms with Gasteiger partial charge in [0.05, 0.1) is 17.5 Å². The molecule has 0 spiro atoms. The molecule has 1 aliphatic heterocycles. The van der Waals surface area contributed by atoms with Crippen LogP contribution in [0, 0.1) is 0 Å². The van der Waals surface area contributed by atoms with Gasteiger partial charge in [0.1, 0.15) is 0 Å². The van der Waals surface area contributed by atoms with Crippen LogP contribution < -0.4 is 0 Å². The third-order valence-corrected chi connectivity index (χ3v) is 2.52. The quantitative estimate of drug-likeness (QED) is 0.589. The van der Waals surface area contributed by atoms with Crippen LogP contribution >= 0.6 is 15.9 Å². The summed E-state index contributed by atoms with van der Waals surface area (Å²) in [5, 5.41) is 8.90. The predicted molar refractivity (Wildman–Crippen MR) is 49.2 cm³/mol. The largest absolute Gasteiger partial charge is 0.394 e. The van der Waals surface area contributed by atoms with Gasteiger partial charge >= 0.3 is 0 Å². The number of aliphatic hydroxyl groups is 1. The minimum atomic E-state index is -0.305. The van der Waals surface area contributed by atoms with Crippen molar-refractivity contribution in [2.24, 2.45) is 0 Å². The van der Waals surface area contributed by atoms with Crippen molar-refractivity contribution in [1.29, 1.82) is 0 Å². The van der Waals surface area contributed by atoms with Crippen LogP contribution in [0.5, 0.6) is 0 Å². The zero-order valence-electron chi connectivity index (χ0n) is 6.94. The lowest BCUT2D eigenvalue weighted by atomic mass is 10.2. The summed E-state index contributed by atoms with van der Waals surface area (Å²) in [5.41, 5.74) is 0. The number of alkyl halides is 1. The molecule has 0 bridgehead atoms. The van der Waals surface area contributed by atoms with E-state index in [1.54, 1.807) is 0 Å². The molecule has 0 fully saturated rings. The van der Waals surface area contributed by atoms with E-state index in [-0.39, 0.29) is 23.8 Å². The molecule has 1 heterocycles. The summed E-state index contributed by atoms with van der Waals surface area (Å²) in [7, 11) is 0. The minimum absolute atomic E-state index is 0.00380. The standard InChI is InChI=1S/C8H13BrO3/c1-2-11-8-4-3-6(9)7(5-10)12-8/h3-4,6-8,10H,2,5H2,1H3/t6-,7+,8-/m0/s1. The molecule has 4 heteroatoms. The van der Waals surface area contributed by atoms with Crippen molar-refractivity contribution in [3.8, 4) is 0 Å². The van der Waals surface area contributed by atoms with E-state index in [1.165, 1.54) is 0 Å². The summed E-state index contributed by atoms with van der Waals surface area (Å²) in [6, 6.07) is 0. The molecule has 0 aromatic heterocycles. The summed E-state index contributed by atoms with van der Waals surface area (Å²) >= 11 is 3.37. The Morgan fingerprint density at radius 1 is 1.58 bits per heavy atom. The van der Waals surface area contributed by atoms with Gasteiger partial charge in [0.25, 0.3) is 0 Å². The molecule has 12 heavy (non-hydrogen) atoms. The van der Waals surface area contributed by atoms with Crippen molar-refractivity contribution in [3.63, 3.8) is 0 Å². The first kappa shape index (κ1) is 10.2. The number of hydrogen-bond acceptors (Lipinski definition) is 3. The topological polar surface area (TPSA) is 38.7 Å². The Bertz CT molecular complexity index is 160. The maximum Gasteiger partial charge on any atom is 0.177 e. The van der Waals surface area contributed by atoms with E-state index >= 15 is 0 Å². The maximum absolute atomic E-state index is 8.90. The van der Waals surface area contributed by atoms with Gasteiger partial charge in [-0.3, -0.25) is 0 Å². The number of aliphatic hydroxyl groups excluding tert-OH is 1. The SMILES string of the molecule is CCO[C@@H]1C=C[C@H](Br)[C@@H](CO)O1. The fourth-order valence-corrected chi connectivity index (χ4v) is 1.48. The van der Waals surface area contributed by atoms with Crippen LogP contribution in [0.25, 0.3) is 0 Å². The molecule has 0 saturated carbocycles. The molecule has 0 amide bonds. The van der Waals surface area contributed by atoms with Crippen molar-refractivity contribution in [3.05, 3.63) is 12.2 Å². The van der Waals surface area contributed by atoms with Crippen molar-refractivity contribution in [2.75, 3.05) is 13.2 Å². The highest BCUT2D eigenvalue weighted by atomic mass is 79.9. The smallest absolute Gasteiger partial charge is 0.177 e. The van der Waals surface area contributed by atoms with Gasteiger partial charge in [0, 0.05) is 6.61 Å². The highest BCUT2D eigenvalue weighted by Gasteiger charge is 2.24. The van der Waals surface area contributed by atoms with Crippen LogP contribution in [0.2, 0.25) is 0 Å². The second-order valence-electron chi connectivity index (χ2n) is 2.51. The first-order valence-corrected chi connectivity index (χ1v) is 4.89. The third-order valence-electron chi connectivity index (χ3n) is 1.63. The lowest BCUT2D eigenvalue weighted by molar-refractivity contribution is -0.151. The van der Waals surface area contributed by atoms with Gasteiger partial charge in [-0.25, -0.2) is 0 Å². The first-order valence-electron chi connectivity index (χ1n) is 3.98. The van der Waals surface area contributed by atoms with Gasteiger partial charge in [0.15, 0.2) is 6.29 Å². The van der Waals surface area contributed by atoms with E-state index in [1.807, 2.05) is 19.1 Å². The van der Waals surface area contributed by atoms with Crippen LogP contribution in [0.1, 0.15) is 6.92 Å². The third kappa shape index (κ3) is 2.55. The van der Waals surface area contributed by atoms with Crippen molar-refractivity contribution >= 4 is 15.9 Å². The normalized spacial score (nSPS) is 35.4. The van der Waals surface area contributed by atoms with Gasteiger partial charge in [-0.2, -0.15) is 0 Å². The average molecular weight is 237 g/mol. The lowest BCUT2D eigenvalue weighted by Gasteiger charge is -2.27. The van der Waals surface area contributed by atoms with E-state index in [0.717, 1.165) is 0 Å². The Labute approximate surface area is 80.5 Å². The Morgan fingerprint density at radius 2 is 2.33 bits per heavy atom. The van der Waals surface area contributed by atoms with Gasteiger partial charge in [0.2, 0.25) is 0 Å². The Balaban J connectivity index is 2.46. The van der Waals surface area contributed by atoms with E-state index in [9.17, 15) is 0 Å². The highest BCUT2D eigenvalue weighted by Crippen LogP contribution is 2.19. The van der Waals surface area contributed by atoms with Gasteiger partial charge in [-0.1, -0.05) is 22.0 Å². The van der Waals surface area contributed by atoms with Crippen LogP contribution in [0.15, 0.2) is 12.2 Å². The van der Waals surface area contributed by atoms with Crippen LogP contribution in [0.3, 0.4) is 0 Å². The summed E-state index contributed by atoms with van der Waals surface area (Å²) < 4.78 is 10.6. The van der Waals surface area contributed by atoms with Crippen molar-refractivity contribution < 1.29 is 14.6 Å². The second kappa shape index (κ2) is 4.97. The molecular formula is C8H13BrO3. The van der Waals surface area contributed by atoms with Crippen LogP contribution in [0.4, 0.5) is 0 Å². The molecule has 3 nitrogen and oxygen atoms in total. The molecule has 1 aliphatic rings. The monoisotopic (exact) mass is 236 g/mol. The molecule has 70 valence electrons. The lowest BCUT2D eigenvalue weighted by Crippen LogP contribution is -2.35. The molecule has 0 unspecified atom stereocenters. The van der Waals surface area contributed by atoms with Crippen LogP contribution in [-0.4, -0.2) is 35.5 Å². The van der Waals surface area contributed by atoms with E-state index in [2.05, 4.69) is 15.9 Å². The highest BCUT2D eigenvalue weighted by molar-refractivity contribution is 9.09. The average Bonchev–Trinajstić information content (AvgIpc) is 2.09. The minimum Gasteiger partial charge on any atom is -0.394 e. The molecule has 0 aromatic rings. The van der Waals surface area contributed by atoms with Gasteiger partial charge in [-0.15, -0.1) is 0 Å². The predicted octanol–water partition coefficient (Wildman–Crippen LogP) is 1.06. The molecule has 0 saturated heterocycles. The fraction of sp³-hybridized carbons (Fsp3) is 0.750. The maximum atomic E-state index is 8.90. The Hall–Kier alpha value is 0.1000. The van der Waals surface area contributed by atoms with Crippen molar-refractivity contribution in [1.82, 2.24) is 0 Å². The van der Waals surface area contributed by atoms with Gasteiger partial charge < -0.3 is 14.6 Å². The number of halogens is 1. The summed E-state index contributed by atoms with van der Waals surface area (Å²) in [4.78, 5) is 0.0826. The van der Waals surface area contributed by atoms with E-state index < -0.39 is 0 Å². The zero-order valence-corrected chi connectivity index (χ0v) is 8.53. The van der Waals surface area contributed by atoms with E-state index in [0.29, 0.717) is 6.61 Å². The molecule has 0 aliphatic carbocycles. The van der Waals surface area contributed by atoms with Gasteiger partial charge in [-0.05, 0) is 13.0 Å². The molecule has 1 rings (SSSR count). The Kier molecular flexibility index (Phi) is 4.21. The molecule has 3 atom stereocenters. The molecule has 1 N–H and O–H groups in total. The second-order valence-corrected chi connectivity index (χ2v) is 3.57. The summed E-state index contributed by atoms with van der Waals surface area (Å²) in [6.45, 7) is 2.52. The molecule has 0 radical (unpaired) electrons. The fourth-order valence-electron chi connectivity index (χ4n) is 1.02. The summed E-state index contributed by atoms with van der Waals surface area (Å²) in [6.07, 6.45) is 3.27.